The first-order chi connectivity index (χ1) is 31.2. The molecule has 5 nitrogen and oxygen atoms in total. The number of anilines is 4. The van der Waals surface area contributed by atoms with E-state index in [9.17, 15) is 0 Å². The smallest absolute Gasteiger partial charge is 0.135 e. The van der Waals surface area contributed by atoms with Crippen molar-refractivity contribution in [3.63, 3.8) is 0 Å². The van der Waals surface area contributed by atoms with Crippen molar-refractivity contribution < 1.29 is 35.4 Å². The average molecular weight is 952 g/mol. The van der Waals surface area contributed by atoms with Gasteiger partial charge in [0.15, 0.2) is 0 Å². The molecule has 0 atom stereocenters. The molecule has 0 fully saturated rings. The molecule has 292 valence electrons. The molecule has 0 radical (unpaired) electrons. The minimum Gasteiger partial charge on any atom is -0.509 e. The zero-order valence-corrected chi connectivity index (χ0v) is 34.7. The molecule has 9 aromatic rings. The van der Waals surface area contributed by atoms with Gasteiger partial charge in [0.05, 0.1) is 5.48 Å². The first kappa shape index (κ1) is 30.6. The zero-order chi connectivity index (χ0) is 45.4. The Balaban J connectivity index is 0.00000548. The molecule has 0 aliphatic carbocycles. The van der Waals surface area contributed by atoms with Crippen LogP contribution in [0.2, 0.25) is 0 Å². The Morgan fingerprint density at radius 1 is 0.678 bits per heavy atom. The van der Waals surface area contributed by atoms with Gasteiger partial charge in [0, 0.05) is 76.6 Å². The summed E-state index contributed by atoms with van der Waals surface area (Å²) in [6.45, 7) is 5.96. The van der Waals surface area contributed by atoms with E-state index in [0.29, 0.717) is 44.8 Å². The van der Waals surface area contributed by atoms with Gasteiger partial charge in [0.2, 0.25) is 0 Å². The summed E-state index contributed by atoms with van der Waals surface area (Å²) in [5.41, 5.74) is 8.38. The second-order valence-electron chi connectivity index (χ2n) is 15.3. The third-order valence-corrected chi connectivity index (χ3v) is 10.5. The fraction of sp³-hybridized carbons (Fsp3) is 0.0943. The van der Waals surface area contributed by atoms with E-state index in [1.54, 1.807) is 35.0 Å². The number of fused-ring (bicyclic) bond motifs is 4. The summed E-state index contributed by atoms with van der Waals surface area (Å²) in [5, 5.41) is 0.956. The van der Waals surface area contributed by atoms with E-state index >= 15 is 0 Å². The molecule has 1 aliphatic heterocycles. The van der Waals surface area contributed by atoms with Crippen LogP contribution >= 0.6 is 0 Å². The number of ether oxygens (including phenoxy) is 1. The quantitative estimate of drug-likeness (QED) is 0.149. The van der Waals surface area contributed by atoms with Crippen LogP contribution in [-0.4, -0.2) is 9.55 Å². The average Bonchev–Trinajstić information content (AvgIpc) is 3.86. The summed E-state index contributed by atoms with van der Waals surface area (Å²) in [7, 11) is 0. The van der Waals surface area contributed by atoms with E-state index in [-0.39, 0.29) is 56.2 Å². The Labute approximate surface area is 370 Å². The van der Waals surface area contributed by atoms with Gasteiger partial charge in [-0.05, 0) is 82.3 Å². The molecule has 1 aliphatic rings. The van der Waals surface area contributed by atoms with Crippen LogP contribution in [-0.2, 0) is 26.5 Å². The fourth-order valence-electron chi connectivity index (χ4n) is 7.72. The molecule has 10 rings (SSSR count). The molecule has 0 unspecified atom stereocenters. The summed E-state index contributed by atoms with van der Waals surface area (Å²) in [4.78, 5) is 8.84. The number of hydrogen-bond acceptors (Lipinski definition) is 4. The van der Waals surface area contributed by atoms with E-state index < -0.39 is 6.85 Å². The summed E-state index contributed by atoms with van der Waals surface area (Å²) in [6.07, 6.45) is 1.71. The van der Waals surface area contributed by atoms with Crippen molar-refractivity contribution in [1.29, 1.82) is 0 Å². The van der Waals surface area contributed by atoms with Crippen LogP contribution in [0.4, 0.5) is 22.7 Å². The molecular formula is C53H41N4OPt-3. The summed E-state index contributed by atoms with van der Waals surface area (Å²) in [5.74, 6) is 1.24. The SMILES string of the molecule is [2H]c1c([2H])c([2H])c2c(c1[2H])c1ccc(Oc3[c-]c(N4[CH-]N(c5c(-c6ccccc6)cc(C([2H])([2H])[2H])cc5-c5ccccc5)c5ccccc54)ccc3)[c-]c1n2-c1cc(C(C)(C)C)ccn1.[Pt]. The molecule has 59 heavy (non-hydrogen) atoms. The van der Waals surface area contributed by atoms with Crippen LogP contribution in [0.3, 0.4) is 0 Å². The molecule has 7 aromatic carbocycles. The normalized spacial score (nSPS) is 14.4. The Bertz CT molecular complexity index is 3250. The van der Waals surface area contributed by atoms with E-state index in [2.05, 4.69) is 37.8 Å². The second kappa shape index (κ2) is 15.4. The fourth-order valence-corrected chi connectivity index (χ4v) is 7.72. The summed E-state index contributed by atoms with van der Waals surface area (Å²) < 4.78 is 68.7. The molecule has 3 heterocycles. The minimum atomic E-state index is -2.35. The zero-order valence-electron chi connectivity index (χ0n) is 39.4. The van der Waals surface area contributed by atoms with Crippen LogP contribution in [0, 0.1) is 25.7 Å². The van der Waals surface area contributed by atoms with Crippen LogP contribution in [0.25, 0.3) is 49.9 Å². The number of para-hydroxylation sites is 3. The number of hydrogen-bond donors (Lipinski definition) is 0. The molecule has 0 N–H and O–H groups in total. The van der Waals surface area contributed by atoms with Gasteiger partial charge in [-0.25, -0.2) is 4.98 Å². The minimum absolute atomic E-state index is 0. The van der Waals surface area contributed by atoms with Gasteiger partial charge >= 0.3 is 0 Å². The van der Waals surface area contributed by atoms with Crippen LogP contribution < -0.4 is 14.5 Å². The molecule has 2 aromatic heterocycles. The van der Waals surface area contributed by atoms with Gasteiger partial charge in [0.1, 0.15) is 5.82 Å². The Morgan fingerprint density at radius 3 is 2.03 bits per heavy atom. The first-order valence-corrected chi connectivity index (χ1v) is 19.1. The van der Waals surface area contributed by atoms with Gasteiger partial charge in [-0.3, -0.25) is 0 Å². The van der Waals surface area contributed by atoms with E-state index in [1.165, 1.54) is 0 Å². The Hall–Kier alpha value is -6.42. The van der Waals surface area contributed by atoms with E-state index in [1.807, 2.05) is 127 Å². The van der Waals surface area contributed by atoms with E-state index in [0.717, 1.165) is 44.9 Å². The maximum absolute atomic E-state index is 9.01. The molecule has 0 saturated heterocycles. The molecular weight excluding hydrogens is 904 g/mol. The molecule has 0 amide bonds. The third-order valence-electron chi connectivity index (χ3n) is 10.5. The van der Waals surface area contributed by atoms with Gasteiger partial charge < -0.3 is 19.1 Å². The van der Waals surface area contributed by atoms with Gasteiger partial charge in [-0.1, -0.05) is 117 Å². The number of rotatable bonds is 7. The first-order valence-electron chi connectivity index (χ1n) is 22.6. The maximum Gasteiger partial charge on any atom is 0.135 e. The number of pyridine rings is 1. The Morgan fingerprint density at radius 2 is 1.34 bits per heavy atom. The number of aromatic nitrogens is 2. The molecule has 0 saturated carbocycles. The van der Waals surface area contributed by atoms with Crippen molar-refractivity contribution in [2.24, 2.45) is 0 Å². The summed E-state index contributed by atoms with van der Waals surface area (Å²) in [6, 6.07) is 50.2. The van der Waals surface area contributed by atoms with E-state index in [4.69, 9.17) is 19.3 Å². The maximum atomic E-state index is 9.01. The van der Waals surface area contributed by atoms with Crippen molar-refractivity contribution in [3.05, 3.63) is 200 Å². The number of benzene rings is 7. The molecule has 6 heteroatoms. The third kappa shape index (κ3) is 7.00. The van der Waals surface area contributed by atoms with Crippen LogP contribution in [0.1, 0.15) is 41.5 Å². The Kier molecular flexibility index (Phi) is 7.99. The molecule has 0 spiro atoms. The van der Waals surface area contributed by atoms with Crippen molar-refractivity contribution in [2.45, 2.75) is 33.0 Å². The van der Waals surface area contributed by atoms with Crippen LogP contribution in [0.5, 0.6) is 11.5 Å². The monoisotopic (exact) mass is 951 g/mol. The van der Waals surface area contributed by atoms with Crippen molar-refractivity contribution in [1.82, 2.24) is 9.55 Å². The van der Waals surface area contributed by atoms with Crippen molar-refractivity contribution in [3.8, 4) is 39.6 Å². The number of aryl methyl sites for hydroxylation is 1. The number of nitrogens with zero attached hydrogens (tertiary/aromatic N) is 4. The predicted molar refractivity (Wildman–Crippen MR) is 239 cm³/mol. The van der Waals surface area contributed by atoms with Crippen molar-refractivity contribution in [2.75, 3.05) is 9.80 Å². The summed E-state index contributed by atoms with van der Waals surface area (Å²) >= 11 is 0. The molecule has 0 bridgehead atoms. The predicted octanol–water partition coefficient (Wildman–Crippen LogP) is 13.9. The van der Waals surface area contributed by atoms with Gasteiger partial charge in [-0.15, -0.1) is 48.1 Å². The largest absolute Gasteiger partial charge is 0.509 e. The topological polar surface area (TPSA) is 33.5 Å². The van der Waals surface area contributed by atoms with Gasteiger partial charge in [-0.2, -0.15) is 12.1 Å². The van der Waals surface area contributed by atoms with Crippen molar-refractivity contribution >= 4 is 44.6 Å². The van der Waals surface area contributed by atoms with Gasteiger partial charge in [0.25, 0.3) is 0 Å². The van der Waals surface area contributed by atoms with Crippen LogP contribution in [0.15, 0.2) is 170 Å². The standard InChI is InChI=1S/C53H41N4O.Pt/c1-36-30-45(37-16-7-5-8-17-37)52(46(31-36)38-18-9-6-10-19-38)56-35-55(48-24-13-14-25-49(48)56)40-20-15-21-41(33-40)58-42-26-27-44-43-22-11-12-23-47(43)57(50(44)34-42)51-32-39(28-29-54-51)53(2,3)4;/h5-32,35H,1-4H3;/q-3;/i1D3,11D,12D,22D,23D;. The second-order valence-corrected chi connectivity index (χ2v) is 15.3.